The van der Waals surface area contributed by atoms with E-state index in [0.29, 0.717) is 0 Å². The Hall–Kier alpha value is -1.10. The highest BCUT2D eigenvalue weighted by Crippen LogP contribution is 2.21. The number of hydrogen-bond donors (Lipinski definition) is 1. The Kier molecular flexibility index (Phi) is 6.12. The summed E-state index contributed by atoms with van der Waals surface area (Å²) in [6, 6.07) is 0. The van der Waals surface area contributed by atoms with Crippen LogP contribution in [0.5, 0.6) is 0 Å². The van der Waals surface area contributed by atoms with Gasteiger partial charge in [0.05, 0.1) is 6.10 Å². The lowest BCUT2D eigenvalue weighted by Crippen LogP contribution is -2.40. The van der Waals surface area contributed by atoms with Crippen molar-refractivity contribution in [3.63, 3.8) is 0 Å². The SMILES string of the molecule is CC(OC1CCCCCC1)C(=O)N(C)CC(=O)O. The van der Waals surface area contributed by atoms with Gasteiger partial charge in [0.15, 0.2) is 0 Å². The fraction of sp³-hybridized carbons (Fsp3) is 0.846. The first-order valence-electron chi connectivity index (χ1n) is 6.63. The normalized spacial score (nSPS) is 19.0. The number of likely N-dealkylation sites (N-methyl/N-ethyl adjacent to an activating group) is 1. The van der Waals surface area contributed by atoms with E-state index in [1.165, 1.54) is 24.8 Å². The molecule has 1 rings (SSSR count). The first-order chi connectivity index (χ1) is 8.50. The Morgan fingerprint density at radius 3 is 2.33 bits per heavy atom. The van der Waals surface area contributed by atoms with Gasteiger partial charge < -0.3 is 14.7 Å². The molecular formula is C13H23NO4. The van der Waals surface area contributed by atoms with Crippen molar-refractivity contribution >= 4 is 11.9 Å². The van der Waals surface area contributed by atoms with Gasteiger partial charge in [0.1, 0.15) is 12.6 Å². The maximum atomic E-state index is 11.9. The number of carboxylic acid groups (broad SMARTS) is 1. The average molecular weight is 257 g/mol. The number of nitrogens with zero attached hydrogens (tertiary/aromatic N) is 1. The summed E-state index contributed by atoms with van der Waals surface area (Å²) in [5, 5.41) is 8.64. The average Bonchev–Trinajstić information content (AvgIpc) is 2.55. The van der Waals surface area contributed by atoms with Gasteiger partial charge >= 0.3 is 5.97 Å². The van der Waals surface area contributed by atoms with Crippen LogP contribution in [0, 0.1) is 0 Å². The zero-order valence-corrected chi connectivity index (χ0v) is 11.2. The van der Waals surface area contributed by atoms with Crippen molar-refractivity contribution in [3.8, 4) is 0 Å². The first-order valence-corrected chi connectivity index (χ1v) is 6.63. The lowest BCUT2D eigenvalue weighted by atomic mass is 10.1. The van der Waals surface area contributed by atoms with Crippen molar-refractivity contribution in [1.82, 2.24) is 4.90 Å². The summed E-state index contributed by atoms with van der Waals surface area (Å²) in [4.78, 5) is 23.6. The Balaban J connectivity index is 2.40. The van der Waals surface area contributed by atoms with Crippen molar-refractivity contribution in [2.45, 2.75) is 57.7 Å². The zero-order valence-electron chi connectivity index (χ0n) is 11.2. The number of carbonyl (C=O) groups is 2. The smallest absolute Gasteiger partial charge is 0.323 e. The summed E-state index contributed by atoms with van der Waals surface area (Å²) in [5.41, 5.74) is 0. The molecule has 0 aliphatic heterocycles. The van der Waals surface area contributed by atoms with Crippen molar-refractivity contribution in [3.05, 3.63) is 0 Å². The molecular weight excluding hydrogens is 234 g/mol. The van der Waals surface area contributed by atoms with Crippen LogP contribution >= 0.6 is 0 Å². The maximum absolute atomic E-state index is 11.9. The Bertz CT molecular complexity index is 285. The van der Waals surface area contributed by atoms with Crippen molar-refractivity contribution in [1.29, 1.82) is 0 Å². The number of carbonyl (C=O) groups excluding carboxylic acids is 1. The van der Waals surface area contributed by atoms with Crippen molar-refractivity contribution in [2.75, 3.05) is 13.6 Å². The third-order valence-corrected chi connectivity index (χ3v) is 3.30. The van der Waals surface area contributed by atoms with Crippen LogP contribution in [0.4, 0.5) is 0 Å². The molecule has 5 heteroatoms. The maximum Gasteiger partial charge on any atom is 0.323 e. The molecule has 1 aliphatic rings. The van der Waals surface area contributed by atoms with Gasteiger partial charge in [-0.2, -0.15) is 0 Å². The molecule has 0 aromatic carbocycles. The van der Waals surface area contributed by atoms with E-state index in [2.05, 4.69) is 0 Å². The monoisotopic (exact) mass is 257 g/mol. The topological polar surface area (TPSA) is 66.8 Å². The van der Waals surface area contributed by atoms with Crippen LogP contribution in [0.3, 0.4) is 0 Å². The molecule has 0 spiro atoms. The minimum absolute atomic E-state index is 0.143. The van der Waals surface area contributed by atoms with E-state index in [9.17, 15) is 9.59 Å². The number of amides is 1. The van der Waals surface area contributed by atoms with E-state index in [4.69, 9.17) is 9.84 Å². The van der Waals surface area contributed by atoms with E-state index in [0.717, 1.165) is 25.7 Å². The van der Waals surface area contributed by atoms with Crippen molar-refractivity contribution in [2.24, 2.45) is 0 Å². The minimum Gasteiger partial charge on any atom is -0.480 e. The minimum atomic E-state index is -1.01. The van der Waals surface area contributed by atoms with Gasteiger partial charge in [0.25, 0.3) is 5.91 Å². The highest BCUT2D eigenvalue weighted by atomic mass is 16.5. The third kappa shape index (κ3) is 5.04. The fourth-order valence-corrected chi connectivity index (χ4v) is 2.32. The van der Waals surface area contributed by atoms with Crippen LogP contribution in [-0.4, -0.2) is 47.7 Å². The molecule has 1 aliphatic carbocycles. The molecule has 0 saturated heterocycles. The Morgan fingerprint density at radius 2 is 1.83 bits per heavy atom. The number of ether oxygens (including phenoxy) is 1. The molecule has 104 valence electrons. The van der Waals surface area contributed by atoms with Gasteiger partial charge in [-0.15, -0.1) is 0 Å². The van der Waals surface area contributed by atoms with E-state index in [-0.39, 0.29) is 18.6 Å². The molecule has 1 amide bonds. The molecule has 0 aromatic rings. The summed E-state index contributed by atoms with van der Waals surface area (Å²) in [6.45, 7) is 1.42. The Morgan fingerprint density at radius 1 is 1.28 bits per heavy atom. The van der Waals surface area contributed by atoms with Crippen molar-refractivity contribution < 1.29 is 19.4 Å². The number of rotatable bonds is 5. The summed E-state index contributed by atoms with van der Waals surface area (Å²) < 4.78 is 5.75. The first kappa shape index (κ1) is 15.0. The van der Waals surface area contributed by atoms with E-state index < -0.39 is 12.1 Å². The number of carboxylic acids is 1. The molecule has 1 saturated carbocycles. The van der Waals surface area contributed by atoms with E-state index in [1.807, 2.05) is 0 Å². The van der Waals surface area contributed by atoms with Gasteiger partial charge in [0, 0.05) is 7.05 Å². The quantitative estimate of drug-likeness (QED) is 0.761. The number of hydrogen-bond acceptors (Lipinski definition) is 3. The summed E-state index contributed by atoms with van der Waals surface area (Å²) in [5.74, 6) is -1.27. The molecule has 1 unspecified atom stereocenters. The van der Waals surface area contributed by atoms with Crippen LogP contribution < -0.4 is 0 Å². The van der Waals surface area contributed by atoms with Crippen LogP contribution in [0.2, 0.25) is 0 Å². The predicted octanol–water partition coefficient (Wildman–Crippen LogP) is 1.66. The highest BCUT2D eigenvalue weighted by molar-refractivity contribution is 5.84. The lowest BCUT2D eigenvalue weighted by Gasteiger charge is -2.24. The van der Waals surface area contributed by atoms with Gasteiger partial charge in [0.2, 0.25) is 0 Å². The fourth-order valence-electron chi connectivity index (χ4n) is 2.32. The van der Waals surface area contributed by atoms with Crippen LogP contribution in [-0.2, 0) is 14.3 Å². The summed E-state index contributed by atoms with van der Waals surface area (Å²) in [7, 11) is 1.49. The highest BCUT2D eigenvalue weighted by Gasteiger charge is 2.23. The lowest BCUT2D eigenvalue weighted by molar-refractivity contribution is -0.151. The predicted molar refractivity (Wildman–Crippen MR) is 67.3 cm³/mol. The van der Waals surface area contributed by atoms with Crippen LogP contribution in [0.15, 0.2) is 0 Å². The van der Waals surface area contributed by atoms with E-state index >= 15 is 0 Å². The van der Waals surface area contributed by atoms with Crippen LogP contribution in [0.1, 0.15) is 45.4 Å². The second-order valence-corrected chi connectivity index (χ2v) is 4.98. The standard InChI is InChI=1S/C13H23NO4/c1-10(13(17)14(2)9-12(15)16)18-11-7-5-3-4-6-8-11/h10-11H,3-9H2,1-2H3,(H,15,16). The molecule has 1 N–H and O–H groups in total. The number of aliphatic carboxylic acids is 1. The van der Waals surface area contributed by atoms with E-state index in [1.54, 1.807) is 6.92 Å². The molecule has 1 atom stereocenters. The second kappa shape index (κ2) is 7.36. The molecule has 18 heavy (non-hydrogen) atoms. The molecule has 0 radical (unpaired) electrons. The molecule has 0 heterocycles. The summed E-state index contributed by atoms with van der Waals surface area (Å²) in [6.07, 6.45) is 6.36. The second-order valence-electron chi connectivity index (χ2n) is 4.98. The zero-order chi connectivity index (χ0) is 13.5. The largest absolute Gasteiger partial charge is 0.480 e. The molecule has 0 bridgehead atoms. The van der Waals surface area contributed by atoms with Gasteiger partial charge in [-0.1, -0.05) is 25.7 Å². The third-order valence-electron chi connectivity index (χ3n) is 3.30. The molecule has 1 fully saturated rings. The Labute approximate surface area is 108 Å². The van der Waals surface area contributed by atoms with Gasteiger partial charge in [-0.3, -0.25) is 9.59 Å². The van der Waals surface area contributed by atoms with Gasteiger partial charge in [-0.25, -0.2) is 0 Å². The van der Waals surface area contributed by atoms with Gasteiger partial charge in [-0.05, 0) is 19.8 Å². The molecule has 5 nitrogen and oxygen atoms in total. The van der Waals surface area contributed by atoms with Crippen LogP contribution in [0.25, 0.3) is 0 Å². The molecule has 0 aromatic heterocycles. The summed E-state index contributed by atoms with van der Waals surface area (Å²) >= 11 is 0.